The van der Waals surface area contributed by atoms with Gasteiger partial charge < -0.3 is 10.6 Å². The van der Waals surface area contributed by atoms with Crippen molar-refractivity contribution in [2.45, 2.75) is 71.8 Å². The molecule has 118 valence electrons. The van der Waals surface area contributed by atoms with Gasteiger partial charge in [-0.2, -0.15) is 0 Å². The average molecular weight is 280 g/mol. The Kier molecular flexibility index (Phi) is 6.35. The van der Waals surface area contributed by atoms with Crippen molar-refractivity contribution < 1.29 is 0 Å². The molecule has 0 spiro atoms. The van der Waals surface area contributed by atoms with Crippen molar-refractivity contribution in [3.05, 3.63) is 0 Å². The van der Waals surface area contributed by atoms with Crippen LogP contribution >= 0.6 is 0 Å². The second-order valence-electron chi connectivity index (χ2n) is 7.62. The number of nitrogens with two attached hydrogens (primary N) is 1. The predicted molar refractivity (Wildman–Crippen MR) is 87.7 cm³/mol. The normalized spacial score (nSPS) is 37.0. The molecule has 0 radical (unpaired) electrons. The summed E-state index contributed by atoms with van der Waals surface area (Å²) in [6.45, 7) is 10.7. The smallest absolute Gasteiger partial charge is 0.0138 e. The Morgan fingerprint density at radius 1 is 1.10 bits per heavy atom. The maximum Gasteiger partial charge on any atom is 0.0138 e. The van der Waals surface area contributed by atoms with Gasteiger partial charge in [0.2, 0.25) is 0 Å². The number of nitrogens with zero attached hydrogens (tertiary/aromatic N) is 1. The van der Waals surface area contributed by atoms with Gasteiger partial charge in [0.25, 0.3) is 0 Å². The minimum atomic E-state index is 0.758. The minimum Gasteiger partial charge on any atom is -0.330 e. The maximum absolute atomic E-state index is 6.08. The van der Waals surface area contributed by atoms with E-state index in [2.05, 4.69) is 25.7 Å². The zero-order valence-electron chi connectivity index (χ0n) is 14.0. The van der Waals surface area contributed by atoms with Crippen LogP contribution in [0.2, 0.25) is 0 Å². The quantitative estimate of drug-likeness (QED) is 0.846. The van der Waals surface area contributed by atoms with Gasteiger partial charge >= 0.3 is 0 Å². The number of hydrogen-bond acceptors (Lipinski definition) is 2. The van der Waals surface area contributed by atoms with Crippen molar-refractivity contribution in [3.8, 4) is 0 Å². The fourth-order valence-electron chi connectivity index (χ4n) is 4.53. The summed E-state index contributed by atoms with van der Waals surface area (Å²) < 4.78 is 0. The second-order valence-corrected chi connectivity index (χ2v) is 7.62. The lowest BCUT2D eigenvalue weighted by atomic mass is 9.76. The molecule has 1 saturated heterocycles. The Bertz CT molecular complexity index is 277. The fraction of sp³-hybridized carbons (Fsp3) is 1.00. The van der Waals surface area contributed by atoms with Crippen LogP contribution in [0.5, 0.6) is 0 Å². The molecule has 0 aromatic heterocycles. The molecule has 4 unspecified atom stereocenters. The van der Waals surface area contributed by atoms with Gasteiger partial charge in [0.1, 0.15) is 0 Å². The third-order valence-electron chi connectivity index (χ3n) is 6.16. The highest BCUT2D eigenvalue weighted by Gasteiger charge is 2.34. The molecule has 2 nitrogen and oxygen atoms in total. The molecule has 0 amide bonds. The van der Waals surface area contributed by atoms with E-state index >= 15 is 0 Å². The van der Waals surface area contributed by atoms with E-state index in [9.17, 15) is 0 Å². The zero-order chi connectivity index (χ0) is 14.5. The van der Waals surface area contributed by atoms with E-state index in [1.807, 2.05) is 0 Å². The van der Waals surface area contributed by atoms with E-state index in [0.717, 1.165) is 36.3 Å². The number of rotatable bonds is 4. The molecule has 2 heteroatoms. The van der Waals surface area contributed by atoms with Gasteiger partial charge in [-0.05, 0) is 75.4 Å². The summed E-state index contributed by atoms with van der Waals surface area (Å²) in [5.74, 6) is 3.51. The summed E-state index contributed by atoms with van der Waals surface area (Å²) in [5.41, 5.74) is 6.08. The van der Waals surface area contributed by atoms with E-state index in [4.69, 9.17) is 5.73 Å². The van der Waals surface area contributed by atoms with Crippen molar-refractivity contribution in [2.24, 2.45) is 29.4 Å². The van der Waals surface area contributed by atoms with Crippen LogP contribution in [0.4, 0.5) is 0 Å². The van der Waals surface area contributed by atoms with Crippen LogP contribution in [0, 0.1) is 23.7 Å². The van der Waals surface area contributed by atoms with Crippen molar-refractivity contribution in [1.29, 1.82) is 0 Å². The van der Waals surface area contributed by atoms with Crippen molar-refractivity contribution in [2.75, 3.05) is 19.6 Å². The predicted octanol–water partition coefficient (Wildman–Crippen LogP) is 3.90. The first-order valence-corrected chi connectivity index (χ1v) is 9.09. The molecular formula is C18H36N2. The molecule has 0 aromatic carbocycles. The Morgan fingerprint density at radius 2 is 1.90 bits per heavy atom. The molecule has 0 bridgehead atoms. The highest BCUT2D eigenvalue weighted by Crippen LogP contribution is 2.35. The van der Waals surface area contributed by atoms with E-state index in [1.54, 1.807) is 0 Å². The summed E-state index contributed by atoms with van der Waals surface area (Å²) in [6.07, 6.45) is 9.78. The van der Waals surface area contributed by atoms with Gasteiger partial charge in [-0.3, -0.25) is 0 Å². The standard InChI is InChI=1S/C18H36N2/c1-4-15-7-8-17(13-19)18(12-15)20-10-5-6-16(9-11-20)14(2)3/h14-18H,4-13,19H2,1-3H3. The zero-order valence-corrected chi connectivity index (χ0v) is 14.0. The number of hydrogen-bond donors (Lipinski definition) is 1. The summed E-state index contributed by atoms with van der Waals surface area (Å²) in [6, 6.07) is 0.782. The third-order valence-corrected chi connectivity index (χ3v) is 6.16. The van der Waals surface area contributed by atoms with Gasteiger partial charge in [-0.15, -0.1) is 0 Å². The van der Waals surface area contributed by atoms with Gasteiger partial charge in [0, 0.05) is 6.04 Å². The molecule has 1 heterocycles. The first kappa shape index (κ1) is 16.3. The van der Waals surface area contributed by atoms with E-state index in [0.29, 0.717) is 0 Å². The number of likely N-dealkylation sites (tertiary alicyclic amines) is 1. The van der Waals surface area contributed by atoms with Gasteiger partial charge in [-0.25, -0.2) is 0 Å². The van der Waals surface area contributed by atoms with Crippen molar-refractivity contribution in [1.82, 2.24) is 4.90 Å². The minimum absolute atomic E-state index is 0.758. The highest BCUT2D eigenvalue weighted by atomic mass is 15.2. The van der Waals surface area contributed by atoms with Crippen molar-refractivity contribution >= 4 is 0 Å². The van der Waals surface area contributed by atoms with Crippen LogP contribution in [0.25, 0.3) is 0 Å². The molecule has 1 saturated carbocycles. The van der Waals surface area contributed by atoms with Crippen LogP contribution < -0.4 is 5.73 Å². The summed E-state index contributed by atoms with van der Waals surface area (Å²) in [5, 5.41) is 0. The van der Waals surface area contributed by atoms with E-state index in [1.165, 1.54) is 58.0 Å². The molecule has 20 heavy (non-hydrogen) atoms. The highest BCUT2D eigenvalue weighted by molar-refractivity contribution is 4.88. The molecule has 2 N–H and O–H groups in total. The topological polar surface area (TPSA) is 29.3 Å². The molecule has 2 rings (SSSR count). The molecular weight excluding hydrogens is 244 g/mol. The molecule has 1 aliphatic carbocycles. The molecule has 0 aromatic rings. The van der Waals surface area contributed by atoms with E-state index in [-0.39, 0.29) is 0 Å². The molecule has 2 aliphatic rings. The lowest BCUT2D eigenvalue weighted by Gasteiger charge is -2.42. The Labute approximate surface area is 126 Å². The third kappa shape index (κ3) is 3.98. The SMILES string of the molecule is CCC1CCC(CN)C(N2CCCC(C(C)C)CC2)C1. The lowest BCUT2D eigenvalue weighted by Crippen LogP contribution is -2.47. The van der Waals surface area contributed by atoms with Crippen LogP contribution in [-0.4, -0.2) is 30.6 Å². The van der Waals surface area contributed by atoms with Crippen LogP contribution in [0.15, 0.2) is 0 Å². The molecule has 1 aliphatic heterocycles. The molecule has 2 fully saturated rings. The summed E-state index contributed by atoms with van der Waals surface area (Å²) in [7, 11) is 0. The summed E-state index contributed by atoms with van der Waals surface area (Å²) in [4.78, 5) is 2.82. The van der Waals surface area contributed by atoms with Gasteiger partial charge in [-0.1, -0.05) is 33.6 Å². The fourth-order valence-corrected chi connectivity index (χ4v) is 4.53. The van der Waals surface area contributed by atoms with Crippen LogP contribution in [-0.2, 0) is 0 Å². The van der Waals surface area contributed by atoms with Gasteiger partial charge in [0.05, 0.1) is 0 Å². The van der Waals surface area contributed by atoms with Crippen LogP contribution in [0.1, 0.15) is 65.7 Å². The monoisotopic (exact) mass is 280 g/mol. The van der Waals surface area contributed by atoms with Crippen molar-refractivity contribution in [3.63, 3.8) is 0 Å². The Balaban J connectivity index is 1.96. The van der Waals surface area contributed by atoms with Gasteiger partial charge in [0.15, 0.2) is 0 Å². The Morgan fingerprint density at radius 3 is 2.55 bits per heavy atom. The first-order valence-electron chi connectivity index (χ1n) is 9.09. The maximum atomic E-state index is 6.08. The Hall–Kier alpha value is -0.0800. The largest absolute Gasteiger partial charge is 0.330 e. The van der Waals surface area contributed by atoms with Crippen LogP contribution in [0.3, 0.4) is 0 Å². The molecule has 4 atom stereocenters. The lowest BCUT2D eigenvalue weighted by molar-refractivity contribution is 0.0818. The van der Waals surface area contributed by atoms with E-state index < -0.39 is 0 Å². The first-order chi connectivity index (χ1) is 9.65. The average Bonchev–Trinajstić information content (AvgIpc) is 2.72. The summed E-state index contributed by atoms with van der Waals surface area (Å²) >= 11 is 0. The second kappa shape index (κ2) is 7.79.